The van der Waals surface area contributed by atoms with Crippen molar-refractivity contribution in [1.82, 2.24) is 20.2 Å². The van der Waals surface area contributed by atoms with E-state index >= 15 is 0 Å². The van der Waals surface area contributed by atoms with Gasteiger partial charge < -0.3 is 24.6 Å². The number of methoxy groups -OCH3 is 1. The van der Waals surface area contributed by atoms with Crippen LogP contribution in [0.4, 0.5) is 5.69 Å². The molecule has 10 heteroatoms. The fourth-order valence-electron chi connectivity index (χ4n) is 5.59. The molecule has 2 aromatic heterocycles. The number of anilines is 1. The highest BCUT2D eigenvalue weighted by atomic mass is 16.6. The number of hydrogen-bond acceptors (Lipinski definition) is 9. The number of carbonyl (C=O) groups excluding carboxylic acids is 2. The molecule has 1 atom stereocenters. The molecule has 3 aromatic rings. The Kier molecular flexibility index (Phi) is 11.1. The van der Waals surface area contributed by atoms with Gasteiger partial charge in [0.15, 0.2) is 6.61 Å². The Morgan fingerprint density at radius 1 is 1.19 bits per heavy atom. The van der Waals surface area contributed by atoms with E-state index in [9.17, 15) is 9.59 Å². The van der Waals surface area contributed by atoms with Crippen molar-refractivity contribution in [3.05, 3.63) is 82.9 Å². The number of carbonyl (C=O) groups is 2. The van der Waals surface area contributed by atoms with E-state index in [4.69, 9.17) is 10.00 Å². The van der Waals surface area contributed by atoms with Crippen LogP contribution in [0.15, 0.2) is 54.9 Å². The number of likely N-dealkylation sites (tertiary alicyclic amines) is 1. The van der Waals surface area contributed by atoms with Gasteiger partial charge in [0.2, 0.25) is 0 Å². The summed E-state index contributed by atoms with van der Waals surface area (Å²) in [5.41, 5.74) is 4.43. The Bertz CT molecular complexity index is 1390. The lowest BCUT2D eigenvalue weighted by molar-refractivity contribution is -0.142. The Morgan fingerprint density at radius 2 is 1.93 bits per heavy atom. The summed E-state index contributed by atoms with van der Waals surface area (Å²) in [4.78, 5) is 37.8. The summed E-state index contributed by atoms with van der Waals surface area (Å²) in [6, 6.07) is 16.3. The van der Waals surface area contributed by atoms with Crippen molar-refractivity contribution in [1.29, 1.82) is 5.26 Å². The van der Waals surface area contributed by atoms with E-state index in [1.165, 1.54) is 7.11 Å². The first-order valence-electron chi connectivity index (χ1n) is 14.6. The number of esters is 1. The predicted octanol–water partition coefficient (Wildman–Crippen LogP) is 4.20. The van der Waals surface area contributed by atoms with E-state index in [1.54, 1.807) is 19.2 Å². The second-order valence-electron chi connectivity index (χ2n) is 10.9. The zero-order chi connectivity index (χ0) is 30.8. The van der Waals surface area contributed by atoms with E-state index in [1.807, 2.05) is 49.5 Å². The minimum absolute atomic E-state index is 0.124. The summed E-state index contributed by atoms with van der Waals surface area (Å²) in [6.07, 6.45) is 6.54. The minimum atomic E-state index is -0.417. The van der Waals surface area contributed by atoms with Crippen LogP contribution in [0.3, 0.4) is 0 Å². The van der Waals surface area contributed by atoms with Gasteiger partial charge in [-0.1, -0.05) is 6.07 Å². The van der Waals surface area contributed by atoms with Crippen LogP contribution in [-0.4, -0.2) is 72.2 Å². The molecule has 0 radical (unpaired) electrons. The van der Waals surface area contributed by atoms with Crippen LogP contribution in [0.5, 0.6) is 5.75 Å². The van der Waals surface area contributed by atoms with Gasteiger partial charge in [-0.25, -0.2) is 9.78 Å². The first kappa shape index (κ1) is 31.4. The smallest absolute Gasteiger partial charge is 0.343 e. The van der Waals surface area contributed by atoms with E-state index in [0.717, 1.165) is 55.7 Å². The summed E-state index contributed by atoms with van der Waals surface area (Å²) in [7, 11) is 1.34. The molecule has 1 aliphatic rings. The van der Waals surface area contributed by atoms with Crippen LogP contribution in [0.2, 0.25) is 0 Å². The Balaban J connectivity index is 1.33. The highest BCUT2D eigenvalue weighted by Crippen LogP contribution is 2.28. The number of pyridine rings is 2. The zero-order valence-electron chi connectivity index (χ0n) is 25.4. The van der Waals surface area contributed by atoms with Gasteiger partial charge in [0, 0.05) is 56.3 Å². The molecule has 3 heterocycles. The van der Waals surface area contributed by atoms with Crippen LogP contribution in [0.25, 0.3) is 0 Å². The number of amides is 1. The number of piperidine rings is 1. The molecule has 0 unspecified atom stereocenters. The van der Waals surface area contributed by atoms with Gasteiger partial charge in [0.25, 0.3) is 5.91 Å². The van der Waals surface area contributed by atoms with Crippen molar-refractivity contribution in [2.75, 3.05) is 38.3 Å². The van der Waals surface area contributed by atoms with Gasteiger partial charge in [-0.05, 0) is 87.6 Å². The molecule has 43 heavy (non-hydrogen) atoms. The van der Waals surface area contributed by atoms with Gasteiger partial charge in [-0.15, -0.1) is 0 Å². The third-order valence-corrected chi connectivity index (χ3v) is 7.98. The summed E-state index contributed by atoms with van der Waals surface area (Å²) in [6.45, 7) is 8.92. The quantitative estimate of drug-likeness (QED) is 0.312. The number of nitrogens with zero attached hydrogens (tertiary/aromatic N) is 5. The van der Waals surface area contributed by atoms with Crippen molar-refractivity contribution in [2.45, 2.75) is 58.7 Å². The third kappa shape index (κ3) is 8.52. The van der Waals surface area contributed by atoms with Crippen LogP contribution < -0.4 is 15.0 Å². The Hall–Kier alpha value is -4.49. The molecule has 10 nitrogen and oxygen atoms in total. The first-order valence-corrected chi connectivity index (χ1v) is 14.6. The maximum Gasteiger partial charge on any atom is 0.343 e. The molecule has 226 valence electrons. The monoisotopic (exact) mass is 584 g/mol. The van der Waals surface area contributed by atoms with Crippen LogP contribution in [0.1, 0.15) is 59.1 Å². The van der Waals surface area contributed by atoms with Crippen LogP contribution in [0, 0.1) is 25.2 Å². The molecule has 1 saturated heterocycles. The molecular weight excluding hydrogens is 544 g/mol. The standard InChI is InChI=1S/C33H40N6O4/c1-23-18-27(19-34)37-25(3)32(23)33(41)36-15-11-24(2)38-16-12-29(13-17-38)39(21-26-6-5-14-35-20-26)28-7-9-30(10-8-28)43-22-31(40)42-4/h5-10,14,18,20,24,29H,11-13,15-17,21-22H2,1-4H3,(H,36,41)/t24-/m1/s1. The van der Waals surface area contributed by atoms with Crippen molar-refractivity contribution >= 4 is 17.6 Å². The summed E-state index contributed by atoms with van der Waals surface area (Å²) < 4.78 is 10.2. The number of nitrogens with one attached hydrogen (secondary N) is 1. The molecule has 1 aromatic carbocycles. The number of aromatic nitrogens is 2. The van der Waals surface area contributed by atoms with Crippen molar-refractivity contribution in [3.63, 3.8) is 0 Å². The minimum Gasteiger partial charge on any atom is -0.482 e. The Morgan fingerprint density at radius 3 is 2.56 bits per heavy atom. The number of aryl methyl sites for hydroxylation is 2. The fraction of sp³-hybridized carbons (Fsp3) is 0.424. The average Bonchev–Trinajstić information content (AvgIpc) is 3.03. The lowest BCUT2D eigenvalue weighted by atomic mass is 9.99. The lowest BCUT2D eigenvalue weighted by Gasteiger charge is -2.42. The molecule has 0 aliphatic carbocycles. The molecule has 1 N–H and O–H groups in total. The molecule has 0 saturated carbocycles. The SMILES string of the molecule is COC(=O)COc1ccc(N(Cc2cccnc2)C2CCN([C@H](C)CCNC(=O)c3c(C)cc(C#N)nc3C)CC2)cc1. The molecule has 0 bridgehead atoms. The predicted molar refractivity (Wildman–Crippen MR) is 164 cm³/mol. The third-order valence-electron chi connectivity index (χ3n) is 7.98. The molecular formula is C33H40N6O4. The highest BCUT2D eigenvalue weighted by Gasteiger charge is 2.27. The summed E-state index contributed by atoms with van der Waals surface area (Å²) in [5, 5.41) is 12.2. The molecule has 0 spiro atoms. The maximum atomic E-state index is 12.9. The van der Waals surface area contributed by atoms with Crippen molar-refractivity contribution < 1.29 is 19.1 Å². The van der Waals surface area contributed by atoms with E-state index in [0.29, 0.717) is 41.3 Å². The molecule has 1 amide bonds. The fourth-order valence-corrected chi connectivity index (χ4v) is 5.59. The van der Waals surface area contributed by atoms with Crippen LogP contribution >= 0.6 is 0 Å². The summed E-state index contributed by atoms with van der Waals surface area (Å²) in [5.74, 6) is 0.0529. The maximum absolute atomic E-state index is 12.9. The van der Waals surface area contributed by atoms with Gasteiger partial charge in [0.05, 0.1) is 18.4 Å². The molecule has 1 fully saturated rings. The number of ether oxygens (including phenoxy) is 2. The van der Waals surface area contributed by atoms with Gasteiger partial charge in [-0.3, -0.25) is 9.78 Å². The van der Waals surface area contributed by atoms with Crippen LogP contribution in [-0.2, 0) is 16.1 Å². The largest absolute Gasteiger partial charge is 0.482 e. The Labute approximate surface area is 253 Å². The second kappa shape index (κ2) is 15.1. The molecule has 1 aliphatic heterocycles. The number of hydrogen-bond donors (Lipinski definition) is 1. The normalized spacial score (nSPS) is 14.4. The number of rotatable bonds is 12. The number of benzene rings is 1. The van der Waals surface area contributed by atoms with E-state index in [2.05, 4.69) is 42.8 Å². The second-order valence-corrected chi connectivity index (χ2v) is 10.9. The van der Waals surface area contributed by atoms with Gasteiger partial charge in [0.1, 0.15) is 17.5 Å². The van der Waals surface area contributed by atoms with E-state index in [-0.39, 0.29) is 12.5 Å². The van der Waals surface area contributed by atoms with E-state index < -0.39 is 5.97 Å². The summed E-state index contributed by atoms with van der Waals surface area (Å²) >= 11 is 0. The average molecular weight is 585 g/mol. The van der Waals surface area contributed by atoms with Crippen molar-refractivity contribution in [2.24, 2.45) is 0 Å². The van der Waals surface area contributed by atoms with Gasteiger partial charge >= 0.3 is 5.97 Å². The van der Waals surface area contributed by atoms with Gasteiger partial charge in [-0.2, -0.15) is 5.26 Å². The topological polar surface area (TPSA) is 121 Å². The number of nitriles is 1. The molecule has 4 rings (SSSR count). The highest BCUT2D eigenvalue weighted by molar-refractivity contribution is 5.96. The first-order chi connectivity index (χ1) is 20.8. The zero-order valence-corrected chi connectivity index (χ0v) is 25.4. The van der Waals surface area contributed by atoms with Crippen molar-refractivity contribution in [3.8, 4) is 11.8 Å². The lowest BCUT2D eigenvalue weighted by Crippen LogP contribution is -2.48.